The fourth-order valence-electron chi connectivity index (χ4n) is 2.69. The maximum Gasteiger partial charge on any atom is 0.211 e. The van der Waals surface area contributed by atoms with Gasteiger partial charge in [-0.1, -0.05) is 74.3 Å². The molecule has 2 N–H and O–H groups in total. The van der Waals surface area contributed by atoms with Gasteiger partial charge in [0.2, 0.25) is 6.41 Å². The van der Waals surface area contributed by atoms with Crippen LogP contribution >= 0.6 is 0 Å². The molecule has 1 aliphatic rings. The summed E-state index contributed by atoms with van der Waals surface area (Å²) in [6, 6.07) is 0. The molecule has 0 fully saturated rings. The molecular formula is C25H32N2O. The third-order valence-corrected chi connectivity index (χ3v) is 4.12. The maximum absolute atomic E-state index is 11.1. The van der Waals surface area contributed by atoms with Crippen molar-refractivity contribution in [1.82, 2.24) is 10.6 Å². The van der Waals surface area contributed by atoms with E-state index in [-0.39, 0.29) is 0 Å². The molecule has 1 rings (SSSR count). The fourth-order valence-corrected chi connectivity index (χ4v) is 2.69. The Morgan fingerprint density at radius 1 is 1.11 bits per heavy atom. The fraction of sp³-hybridized carbons (Fsp3) is 0.240. The average molecular weight is 377 g/mol. The second-order valence-electron chi connectivity index (χ2n) is 6.54. The van der Waals surface area contributed by atoms with Gasteiger partial charge in [0.25, 0.3) is 0 Å². The molecule has 0 saturated carbocycles. The highest BCUT2D eigenvalue weighted by atomic mass is 16.1. The second kappa shape index (κ2) is 13.2. The standard InChI is InChI=1S/C25H32N2O/c1-6-8-9-10-11-12-21(4)23(16-14-22(5)26-17-7-2)24-15-13-20(3)18-25(24)27-19-28/h6-12,14-20,26H,5,13H2,1-4H3,(H,27,28)/b8-6-,10-9-,12-11+,16-14+,17-7-,23-21+. The van der Waals surface area contributed by atoms with Crippen LogP contribution in [0.25, 0.3) is 0 Å². The van der Waals surface area contributed by atoms with Gasteiger partial charge < -0.3 is 10.6 Å². The topological polar surface area (TPSA) is 41.1 Å². The average Bonchev–Trinajstić information content (AvgIpc) is 2.68. The summed E-state index contributed by atoms with van der Waals surface area (Å²) in [6.45, 7) is 12.2. The van der Waals surface area contributed by atoms with E-state index < -0.39 is 0 Å². The molecule has 3 nitrogen and oxygen atoms in total. The molecule has 0 radical (unpaired) electrons. The first-order valence-electron chi connectivity index (χ1n) is 9.58. The molecule has 0 aromatic rings. The lowest BCUT2D eigenvalue weighted by Crippen LogP contribution is -2.17. The Bertz CT molecular complexity index is 783. The molecule has 0 bridgehead atoms. The zero-order valence-corrected chi connectivity index (χ0v) is 17.4. The Kier molecular flexibility index (Phi) is 10.8. The lowest BCUT2D eigenvalue weighted by molar-refractivity contribution is -0.108. The zero-order valence-electron chi connectivity index (χ0n) is 17.4. The van der Waals surface area contributed by atoms with Gasteiger partial charge in [-0.25, -0.2) is 0 Å². The van der Waals surface area contributed by atoms with Crippen molar-refractivity contribution >= 4 is 6.41 Å². The maximum atomic E-state index is 11.1. The molecule has 1 aliphatic carbocycles. The van der Waals surface area contributed by atoms with E-state index in [2.05, 4.69) is 49.3 Å². The van der Waals surface area contributed by atoms with Crippen LogP contribution in [0.3, 0.4) is 0 Å². The largest absolute Gasteiger partial charge is 0.362 e. The van der Waals surface area contributed by atoms with Crippen LogP contribution in [-0.4, -0.2) is 6.41 Å². The van der Waals surface area contributed by atoms with Crippen molar-refractivity contribution in [2.24, 2.45) is 5.92 Å². The molecule has 0 aliphatic heterocycles. The molecule has 28 heavy (non-hydrogen) atoms. The van der Waals surface area contributed by atoms with E-state index in [0.717, 1.165) is 40.9 Å². The minimum absolute atomic E-state index is 0.391. The SMILES string of the molecule is C=C(/C=C/C(C1=CCC(C)C=C1NC=O)=C(C)\C=C\C=C/C=C\C)N/C=C\C. The Morgan fingerprint density at radius 2 is 1.86 bits per heavy atom. The van der Waals surface area contributed by atoms with Gasteiger partial charge in [0.15, 0.2) is 0 Å². The summed E-state index contributed by atoms with van der Waals surface area (Å²) in [5, 5.41) is 5.97. The summed E-state index contributed by atoms with van der Waals surface area (Å²) in [6.07, 6.45) is 25.7. The van der Waals surface area contributed by atoms with Crippen molar-refractivity contribution in [3.05, 3.63) is 108 Å². The smallest absolute Gasteiger partial charge is 0.211 e. The summed E-state index contributed by atoms with van der Waals surface area (Å²) in [4.78, 5) is 11.1. The normalized spacial score (nSPS) is 18.8. The first kappa shape index (κ1) is 23.0. The van der Waals surface area contributed by atoms with Crippen LogP contribution < -0.4 is 10.6 Å². The molecule has 1 amide bonds. The van der Waals surface area contributed by atoms with Crippen LogP contribution in [-0.2, 0) is 4.79 Å². The number of carbonyl (C=O) groups excluding carboxylic acids is 1. The van der Waals surface area contributed by atoms with Gasteiger partial charge in [-0.05, 0) is 56.5 Å². The molecule has 0 heterocycles. The van der Waals surface area contributed by atoms with Gasteiger partial charge in [-0.15, -0.1) is 0 Å². The monoisotopic (exact) mass is 376 g/mol. The van der Waals surface area contributed by atoms with Crippen LogP contribution in [0.2, 0.25) is 0 Å². The van der Waals surface area contributed by atoms with E-state index in [4.69, 9.17) is 0 Å². The number of rotatable bonds is 10. The highest BCUT2D eigenvalue weighted by Crippen LogP contribution is 2.29. The van der Waals surface area contributed by atoms with Crippen LogP contribution in [0.5, 0.6) is 0 Å². The van der Waals surface area contributed by atoms with Gasteiger partial charge in [0.1, 0.15) is 0 Å². The number of carbonyl (C=O) groups is 1. The molecule has 1 unspecified atom stereocenters. The summed E-state index contributed by atoms with van der Waals surface area (Å²) >= 11 is 0. The molecule has 148 valence electrons. The number of hydrogen-bond acceptors (Lipinski definition) is 2. The molecular weight excluding hydrogens is 344 g/mol. The minimum atomic E-state index is 0.391. The van der Waals surface area contributed by atoms with E-state index >= 15 is 0 Å². The Balaban J connectivity index is 3.28. The van der Waals surface area contributed by atoms with Crippen molar-refractivity contribution < 1.29 is 4.79 Å². The van der Waals surface area contributed by atoms with Crippen molar-refractivity contribution in [2.45, 2.75) is 34.1 Å². The van der Waals surface area contributed by atoms with Crippen LogP contribution in [0.4, 0.5) is 0 Å². The van der Waals surface area contributed by atoms with Crippen molar-refractivity contribution in [2.75, 3.05) is 0 Å². The van der Waals surface area contributed by atoms with Crippen LogP contribution in [0.15, 0.2) is 108 Å². The zero-order chi connectivity index (χ0) is 20.8. The molecule has 1 atom stereocenters. The Hall–Kier alpha value is -3.07. The Morgan fingerprint density at radius 3 is 2.54 bits per heavy atom. The first-order valence-corrected chi connectivity index (χ1v) is 9.58. The van der Waals surface area contributed by atoms with Gasteiger partial charge in [-0.2, -0.15) is 0 Å². The van der Waals surface area contributed by atoms with E-state index in [1.807, 2.05) is 68.7 Å². The van der Waals surface area contributed by atoms with E-state index in [1.165, 1.54) is 0 Å². The molecule has 3 heteroatoms. The van der Waals surface area contributed by atoms with E-state index in [0.29, 0.717) is 5.92 Å². The second-order valence-corrected chi connectivity index (χ2v) is 6.54. The molecule has 0 aromatic carbocycles. The summed E-state index contributed by atoms with van der Waals surface area (Å²) in [5.74, 6) is 0.391. The highest BCUT2D eigenvalue weighted by Gasteiger charge is 2.16. The number of amides is 1. The summed E-state index contributed by atoms with van der Waals surface area (Å²) < 4.78 is 0. The lowest BCUT2D eigenvalue weighted by atomic mass is 9.88. The van der Waals surface area contributed by atoms with Gasteiger partial charge >= 0.3 is 0 Å². The van der Waals surface area contributed by atoms with Crippen LogP contribution in [0, 0.1) is 5.92 Å². The summed E-state index contributed by atoms with van der Waals surface area (Å²) in [5.41, 5.74) is 4.81. The van der Waals surface area contributed by atoms with E-state index in [1.54, 1.807) is 0 Å². The first-order chi connectivity index (χ1) is 13.5. The van der Waals surface area contributed by atoms with Gasteiger partial charge in [-0.3, -0.25) is 4.79 Å². The number of allylic oxidation sites excluding steroid dienone is 13. The predicted molar refractivity (Wildman–Crippen MR) is 121 cm³/mol. The molecule has 0 spiro atoms. The quantitative estimate of drug-likeness (QED) is 0.375. The lowest BCUT2D eigenvalue weighted by Gasteiger charge is -2.21. The van der Waals surface area contributed by atoms with Crippen molar-refractivity contribution in [3.63, 3.8) is 0 Å². The molecule has 0 saturated heterocycles. The number of hydrogen-bond donors (Lipinski definition) is 2. The van der Waals surface area contributed by atoms with Crippen molar-refractivity contribution in [3.8, 4) is 0 Å². The summed E-state index contributed by atoms with van der Waals surface area (Å²) in [7, 11) is 0. The minimum Gasteiger partial charge on any atom is -0.362 e. The third kappa shape index (κ3) is 8.09. The van der Waals surface area contributed by atoms with Gasteiger partial charge in [0, 0.05) is 17.0 Å². The number of nitrogens with one attached hydrogen (secondary N) is 2. The van der Waals surface area contributed by atoms with Crippen LogP contribution in [0.1, 0.15) is 34.1 Å². The molecule has 0 aromatic heterocycles. The third-order valence-electron chi connectivity index (χ3n) is 4.12. The highest BCUT2D eigenvalue weighted by molar-refractivity contribution is 5.62. The Labute approximate surface area is 170 Å². The van der Waals surface area contributed by atoms with E-state index in [9.17, 15) is 4.79 Å². The predicted octanol–water partition coefficient (Wildman–Crippen LogP) is 5.78. The van der Waals surface area contributed by atoms with Crippen molar-refractivity contribution in [1.29, 1.82) is 0 Å². The van der Waals surface area contributed by atoms with Gasteiger partial charge in [0.05, 0.1) is 0 Å².